The Morgan fingerprint density at radius 1 is 1.21 bits per heavy atom. The summed E-state index contributed by atoms with van der Waals surface area (Å²) in [5, 5.41) is 9.74. The molecule has 1 aliphatic heterocycles. The van der Waals surface area contributed by atoms with Gasteiger partial charge in [0.05, 0.1) is 6.04 Å². The molecular formula is C17H35N5O2. The zero-order chi connectivity index (χ0) is 18.4. The van der Waals surface area contributed by atoms with Crippen LogP contribution in [0, 0.1) is 0 Å². The van der Waals surface area contributed by atoms with E-state index in [9.17, 15) is 4.79 Å². The number of aliphatic imine (C=N–C) groups is 1. The summed E-state index contributed by atoms with van der Waals surface area (Å²) in [6, 6.07) is 0.0890. The van der Waals surface area contributed by atoms with Crippen LogP contribution in [0.15, 0.2) is 4.99 Å². The van der Waals surface area contributed by atoms with Gasteiger partial charge in [0.2, 0.25) is 0 Å². The topological polar surface area (TPSA) is 78.0 Å². The molecule has 0 aromatic heterocycles. The predicted octanol–water partition coefficient (Wildman–Crippen LogP) is 1.55. The predicted molar refractivity (Wildman–Crippen MR) is 98.5 cm³/mol. The van der Waals surface area contributed by atoms with Crippen molar-refractivity contribution in [1.82, 2.24) is 20.9 Å². The van der Waals surface area contributed by atoms with Crippen LogP contribution in [0.4, 0.5) is 4.79 Å². The molecule has 1 saturated heterocycles. The average Bonchev–Trinajstić information content (AvgIpc) is 2.83. The molecule has 1 heterocycles. The maximum atomic E-state index is 11.9. The molecule has 1 aliphatic rings. The molecule has 0 aromatic rings. The van der Waals surface area contributed by atoms with Crippen molar-refractivity contribution in [3.8, 4) is 0 Å². The second-order valence-corrected chi connectivity index (χ2v) is 8.23. The number of likely N-dealkylation sites (tertiary alicyclic amines) is 1. The quantitative estimate of drug-likeness (QED) is 0.411. The van der Waals surface area contributed by atoms with Crippen molar-refractivity contribution in [3.63, 3.8) is 0 Å². The fraction of sp³-hybridized carbons (Fsp3) is 0.882. The first-order valence-electron chi connectivity index (χ1n) is 8.70. The molecular weight excluding hydrogens is 306 g/mol. The van der Waals surface area contributed by atoms with Crippen LogP contribution in [0.2, 0.25) is 0 Å². The maximum absolute atomic E-state index is 11.9. The fourth-order valence-electron chi connectivity index (χ4n) is 2.49. The molecule has 1 amide bonds. The lowest BCUT2D eigenvalue weighted by Gasteiger charge is -2.24. The molecule has 140 valence electrons. The van der Waals surface area contributed by atoms with Crippen molar-refractivity contribution in [3.05, 3.63) is 0 Å². The van der Waals surface area contributed by atoms with E-state index >= 15 is 0 Å². The number of nitrogens with zero attached hydrogens (tertiary/aromatic N) is 2. The van der Waals surface area contributed by atoms with Gasteiger partial charge >= 0.3 is 6.09 Å². The zero-order valence-electron chi connectivity index (χ0n) is 16.3. The molecule has 7 nitrogen and oxygen atoms in total. The molecule has 1 fully saturated rings. The molecule has 0 bridgehead atoms. The number of carbonyl (C=O) groups excluding carboxylic acids is 1. The zero-order valence-corrected chi connectivity index (χ0v) is 16.3. The molecule has 1 unspecified atom stereocenters. The maximum Gasteiger partial charge on any atom is 0.407 e. The number of guanidine groups is 1. The van der Waals surface area contributed by atoms with Gasteiger partial charge in [-0.1, -0.05) is 0 Å². The van der Waals surface area contributed by atoms with E-state index in [0.717, 1.165) is 38.6 Å². The standard InChI is InChI=1S/C17H35N5O2/c1-16(2,3)20-10-9-19-14(18-7)22-11-8-13(12-22)21-15(23)24-17(4,5)6/h13,20H,8-12H2,1-7H3,(H,18,19)(H,21,23). The van der Waals surface area contributed by atoms with Crippen molar-refractivity contribution in [2.24, 2.45) is 4.99 Å². The summed E-state index contributed by atoms with van der Waals surface area (Å²) in [5.41, 5.74) is -0.360. The third kappa shape index (κ3) is 8.38. The molecule has 1 atom stereocenters. The van der Waals surface area contributed by atoms with Crippen molar-refractivity contribution < 1.29 is 9.53 Å². The van der Waals surface area contributed by atoms with Gasteiger partial charge in [0.15, 0.2) is 5.96 Å². The average molecular weight is 342 g/mol. The van der Waals surface area contributed by atoms with Crippen LogP contribution in [0.1, 0.15) is 48.0 Å². The molecule has 0 saturated carbocycles. The third-order valence-electron chi connectivity index (χ3n) is 3.48. The molecule has 0 aromatic carbocycles. The number of nitrogens with one attached hydrogen (secondary N) is 3. The van der Waals surface area contributed by atoms with Crippen LogP contribution in [-0.2, 0) is 4.74 Å². The number of alkyl carbamates (subject to hydrolysis) is 1. The van der Waals surface area contributed by atoms with E-state index in [1.807, 2.05) is 20.8 Å². The minimum Gasteiger partial charge on any atom is -0.444 e. The molecule has 3 N–H and O–H groups in total. The Labute approximate surface area is 146 Å². The first-order chi connectivity index (χ1) is 11.0. The van der Waals surface area contributed by atoms with Gasteiger partial charge in [0.1, 0.15) is 5.60 Å². The lowest BCUT2D eigenvalue weighted by molar-refractivity contribution is 0.0507. The third-order valence-corrected chi connectivity index (χ3v) is 3.48. The Balaban J connectivity index is 2.36. The van der Waals surface area contributed by atoms with Crippen molar-refractivity contribution >= 4 is 12.1 Å². The van der Waals surface area contributed by atoms with Gasteiger partial charge in [-0.25, -0.2) is 4.79 Å². The second kappa shape index (κ2) is 8.55. The van der Waals surface area contributed by atoms with Gasteiger partial charge < -0.3 is 25.6 Å². The highest BCUT2D eigenvalue weighted by Crippen LogP contribution is 2.11. The van der Waals surface area contributed by atoms with Crippen LogP contribution in [-0.4, -0.2) is 67.4 Å². The molecule has 0 aliphatic carbocycles. The van der Waals surface area contributed by atoms with E-state index in [0.29, 0.717) is 0 Å². The number of hydrogen-bond donors (Lipinski definition) is 3. The summed E-state index contributed by atoms with van der Waals surface area (Å²) in [7, 11) is 1.79. The van der Waals surface area contributed by atoms with Crippen LogP contribution in [0.5, 0.6) is 0 Å². The number of rotatable bonds is 4. The largest absolute Gasteiger partial charge is 0.444 e. The van der Waals surface area contributed by atoms with Gasteiger partial charge in [0.25, 0.3) is 0 Å². The summed E-state index contributed by atoms with van der Waals surface area (Å²) in [4.78, 5) is 18.4. The molecule has 0 spiro atoms. The van der Waals surface area contributed by atoms with Gasteiger partial charge in [0, 0.05) is 38.8 Å². The van der Waals surface area contributed by atoms with Crippen LogP contribution < -0.4 is 16.0 Å². The Morgan fingerprint density at radius 2 is 1.88 bits per heavy atom. The van der Waals surface area contributed by atoms with Crippen LogP contribution in [0.3, 0.4) is 0 Å². The SMILES string of the molecule is CN=C(NCCNC(C)(C)C)N1CCC(NC(=O)OC(C)(C)C)C1. The van der Waals surface area contributed by atoms with Crippen molar-refractivity contribution in [2.75, 3.05) is 33.2 Å². The Morgan fingerprint density at radius 3 is 2.42 bits per heavy atom. The highest BCUT2D eigenvalue weighted by Gasteiger charge is 2.27. The van der Waals surface area contributed by atoms with E-state index in [4.69, 9.17) is 4.74 Å². The summed E-state index contributed by atoms with van der Waals surface area (Å²) < 4.78 is 5.31. The van der Waals surface area contributed by atoms with Crippen molar-refractivity contribution in [2.45, 2.75) is 65.1 Å². The monoisotopic (exact) mass is 341 g/mol. The minimum absolute atomic E-state index is 0.0890. The van der Waals surface area contributed by atoms with E-state index in [2.05, 4.69) is 46.6 Å². The van der Waals surface area contributed by atoms with Crippen LogP contribution in [0.25, 0.3) is 0 Å². The summed E-state index contributed by atoms with van der Waals surface area (Å²) in [6.07, 6.45) is 0.534. The van der Waals surface area contributed by atoms with Gasteiger partial charge in [-0.2, -0.15) is 0 Å². The van der Waals surface area contributed by atoms with Gasteiger partial charge in [-0.3, -0.25) is 4.99 Å². The molecule has 24 heavy (non-hydrogen) atoms. The van der Waals surface area contributed by atoms with Crippen molar-refractivity contribution in [1.29, 1.82) is 0 Å². The van der Waals surface area contributed by atoms with E-state index < -0.39 is 5.60 Å². The van der Waals surface area contributed by atoms with Gasteiger partial charge in [-0.15, -0.1) is 0 Å². The van der Waals surface area contributed by atoms with E-state index in [1.165, 1.54) is 0 Å². The molecule has 0 radical (unpaired) electrons. The fourth-order valence-corrected chi connectivity index (χ4v) is 2.49. The lowest BCUT2D eigenvalue weighted by atomic mass is 10.1. The van der Waals surface area contributed by atoms with Gasteiger partial charge in [-0.05, 0) is 48.0 Å². The first kappa shape index (κ1) is 20.5. The second-order valence-electron chi connectivity index (χ2n) is 8.23. The summed E-state index contributed by atoms with van der Waals surface area (Å²) in [6.45, 7) is 15.3. The molecule has 1 rings (SSSR count). The Hall–Kier alpha value is -1.50. The highest BCUT2D eigenvalue weighted by atomic mass is 16.6. The number of hydrogen-bond acceptors (Lipinski definition) is 4. The van der Waals surface area contributed by atoms with E-state index in [1.54, 1.807) is 7.05 Å². The summed E-state index contributed by atoms with van der Waals surface area (Å²) >= 11 is 0. The molecule has 7 heteroatoms. The number of carbonyl (C=O) groups is 1. The lowest BCUT2D eigenvalue weighted by Crippen LogP contribution is -2.47. The normalized spacial score (nSPS) is 19.4. The smallest absolute Gasteiger partial charge is 0.407 e. The van der Waals surface area contributed by atoms with E-state index in [-0.39, 0.29) is 17.7 Å². The Kier molecular flexibility index (Phi) is 7.32. The Bertz CT molecular complexity index is 437. The number of amides is 1. The minimum atomic E-state index is -0.472. The first-order valence-corrected chi connectivity index (χ1v) is 8.70. The summed E-state index contributed by atoms with van der Waals surface area (Å²) in [5.74, 6) is 0.874. The highest BCUT2D eigenvalue weighted by molar-refractivity contribution is 5.80. The number of ether oxygens (including phenoxy) is 1. The van der Waals surface area contributed by atoms with Crippen LogP contribution >= 0.6 is 0 Å².